The number of carbonyl (C=O) groups is 1. The number of carbonyl (C=O) groups excluding carboxylic acids is 1. The Bertz CT molecular complexity index is 298. The first-order chi connectivity index (χ1) is 8.44. The number of nitrogens with one attached hydrogen (secondary N) is 1. The van der Waals surface area contributed by atoms with Gasteiger partial charge in [0.2, 0.25) is 0 Å². The summed E-state index contributed by atoms with van der Waals surface area (Å²) in [7, 11) is 0. The van der Waals surface area contributed by atoms with Crippen LogP contribution in [0.2, 0.25) is 0 Å². The molecule has 104 valence electrons. The molecule has 3 atom stereocenters. The molecule has 0 bridgehead atoms. The second-order valence-electron chi connectivity index (χ2n) is 6.46. The van der Waals surface area contributed by atoms with Gasteiger partial charge in [-0.05, 0) is 58.8 Å². The molecule has 1 N–H and O–H groups in total. The standard InChI is InChI=1S/C14H25NO3/c1-14(2,3)18-13(16)15-8-4-5-10-6-7-11-12(9-10)17-11/h10-12H,4-9H2,1-3H3,(H,15,16). The van der Waals surface area contributed by atoms with E-state index in [1.807, 2.05) is 20.8 Å². The maximum absolute atomic E-state index is 11.4. The average molecular weight is 255 g/mol. The molecule has 3 unspecified atom stereocenters. The van der Waals surface area contributed by atoms with Crippen molar-refractivity contribution in [2.75, 3.05) is 6.54 Å². The van der Waals surface area contributed by atoms with Gasteiger partial charge in [-0.25, -0.2) is 4.79 Å². The highest BCUT2D eigenvalue weighted by atomic mass is 16.6. The van der Waals surface area contributed by atoms with Crippen molar-refractivity contribution in [3.8, 4) is 0 Å². The molecule has 18 heavy (non-hydrogen) atoms. The predicted octanol–water partition coefficient (Wildman–Crippen LogP) is 2.86. The predicted molar refractivity (Wildman–Crippen MR) is 69.5 cm³/mol. The van der Waals surface area contributed by atoms with Gasteiger partial charge >= 0.3 is 6.09 Å². The molecule has 0 aromatic rings. The highest BCUT2D eigenvalue weighted by Crippen LogP contribution is 2.40. The first-order valence-corrected chi connectivity index (χ1v) is 7.06. The summed E-state index contributed by atoms with van der Waals surface area (Å²) in [6, 6.07) is 0. The van der Waals surface area contributed by atoms with Gasteiger partial charge in [0, 0.05) is 6.54 Å². The van der Waals surface area contributed by atoms with Gasteiger partial charge in [-0.1, -0.05) is 0 Å². The number of rotatable bonds is 4. The lowest BCUT2D eigenvalue weighted by Crippen LogP contribution is -2.33. The Morgan fingerprint density at radius 3 is 2.78 bits per heavy atom. The second-order valence-corrected chi connectivity index (χ2v) is 6.46. The number of fused-ring (bicyclic) bond motifs is 1. The third-order valence-electron chi connectivity index (χ3n) is 3.57. The third kappa shape index (κ3) is 4.48. The highest BCUT2D eigenvalue weighted by molar-refractivity contribution is 5.67. The van der Waals surface area contributed by atoms with Gasteiger partial charge in [0.15, 0.2) is 0 Å². The highest BCUT2D eigenvalue weighted by Gasteiger charge is 2.43. The molecule has 2 aliphatic rings. The molecule has 0 radical (unpaired) electrons. The van der Waals surface area contributed by atoms with Crippen molar-refractivity contribution >= 4 is 6.09 Å². The number of hydrogen-bond donors (Lipinski definition) is 1. The molecule has 4 nitrogen and oxygen atoms in total. The van der Waals surface area contributed by atoms with E-state index >= 15 is 0 Å². The van der Waals surface area contributed by atoms with Crippen molar-refractivity contribution in [3.63, 3.8) is 0 Å². The molecule has 4 heteroatoms. The number of amides is 1. The van der Waals surface area contributed by atoms with Crippen LogP contribution < -0.4 is 5.32 Å². The largest absolute Gasteiger partial charge is 0.444 e. The van der Waals surface area contributed by atoms with E-state index in [0.29, 0.717) is 18.8 Å². The summed E-state index contributed by atoms with van der Waals surface area (Å²) in [4.78, 5) is 11.4. The smallest absolute Gasteiger partial charge is 0.407 e. The minimum Gasteiger partial charge on any atom is -0.444 e. The van der Waals surface area contributed by atoms with Crippen LogP contribution in [0.5, 0.6) is 0 Å². The minimum atomic E-state index is -0.411. The summed E-state index contributed by atoms with van der Waals surface area (Å²) >= 11 is 0. The summed E-state index contributed by atoms with van der Waals surface area (Å²) in [6.45, 7) is 6.34. The summed E-state index contributed by atoms with van der Waals surface area (Å²) < 4.78 is 10.7. The Morgan fingerprint density at radius 2 is 2.11 bits per heavy atom. The molecule has 2 rings (SSSR count). The van der Waals surface area contributed by atoms with Crippen LogP contribution >= 0.6 is 0 Å². The van der Waals surface area contributed by atoms with E-state index < -0.39 is 5.60 Å². The maximum Gasteiger partial charge on any atom is 0.407 e. The van der Waals surface area contributed by atoms with Crippen LogP contribution in [0.3, 0.4) is 0 Å². The molecule has 1 heterocycles. The maximum atomic E-state index is 11.4. The van der Waals surface area contributed by atoms with E-state index in [-0.39, 0.29) is 6.09 Å². The Morgan fingerprint density at radius 1 is 1.33 bits per heavy atom. The van der Waals surface area contributed by atoms with Crippen LogP contribution in [-0.4, -0.2) is 30.4 Å². The van der Waals surface area contributed by atoms with E-state index in [1.165, 1.54) is 25.7 Å². The molecular weight excluding hydrogens is 230 g/mol. The van der Waals surface area contributed by atoms with E-state index in [4.69, 9.17) is 9.47 Å². The zero-order valence-electron chi connectivity index (χ0n) is 11.7. The molecule has 1 aliphatic heterocycles. The Hall–Kier alpha value is -0.770. The fourth-order valence-electron chi connectivity index (χ4n) is 2.64. The molecular formula is C14H25NO3. The molecule has 0 aromatic heterocycles. The quantitative estimate of drug-likeness (QED) is 0.621. The lowest BCUT2D eigenvalue weighted by atomic mass is 9.86. The van der Waals surface area contributed by atoms with E-state index in [0.717, 1.165) is 12.3 Å². The topological polar surface area (TPSA) is 50.9 Å². The molecule has 1 aliphatic carbocycles. The van der Waals surface area contributed by atoms with Crippen molar-refractivity contribution in [1.82, 2.24) is 5.32 Å². The molecule has 1 saturated carbocycles. The number of epoxide rings is 1. The fraction of sp³-hybridized carbons (Fsp3) is 0.929. The van der Waals surface area contributed by atoms with Crippen molar-refractivity contribution in [2.24, 2.45) is 5.92 Å². The zero-order chi connectivity index (χ0) is 13.2. The van der Waals surface area contributed by atoms with Crippen molar-refractivity contribution in [3.05, 3.63) is 0 Å². The van der Waals surface area contributed by atoms with Crippen LogP contribution in [-0.2, 0) is 9.47 Å². The van der Waals surface area contributed by atoms with Crippen LogP contribution in [0, 0.1) is 5.92 Å². The van der Waals surface area contributed by atoms with Crippen LogP contribution in [0.4, 0.5) is 4.79 Å². The summed E-state index contributed by atoms with van der Waals surface area (Å²) in [6.07, 6.45) is 6.78. The van der Waals surface area contributed by atoms with E-state index in [1.54, 1.807) is 0 Å². The lowest BCUT2D eigenvalue weighted by molar-refractivity contribution is 0.0526. The number of alkyl carbamates (subject to hydrolysis) is 1. The monoisotopic (exact) mass is 255 g/mol. The zero-order valence-corrected chi connectivity index (χ0v) is 11.7. The SMILES string of the molecule is CC(C)(C)OC(=O)NCCCC1CCC2OC2C1. The van der Waals surface area contributed by atoms with E-state index in [9.17, 15) is 4.79 Å². The summed E-state index contributed by atoms with van der Waals surface area (Å²) in [5.41, 5.74) is -0.411. The number of ether oxygens (including phenoxy) is 2. The van der Waals surface area contributed by atoms with Gasteiger partial charge in [0.25, 0.3) is 0 Å². The number of hydrogen-bond acceptors (Lipinski definition) is 3. The van der Waals surface area contributed by atoms with Crippen molar-refractivity contribution < 1.29 is 14.3 Å². The summed E-state index contributed by atoms with van der Waals surface area (Å²) in [5.74, 6) is 0.786. The molecule has 1 saturated heterocycles. The van der Waals surface area contributed by atoms with Gasteiger partial charge in [0.1, 0.15) is 5.60 Å². The molecule has 2 fully saturated rings. The second kappa shape index (κ2) is 5.47. The first-order valence-electron chi connectivity index (χ1n) is 7.06. The third-order valence-corrected chi connectivity index (χ3v) is 3.57. The molecule has 1 amide bonds. The van der Waals surface area contributed by atoms with Gasteiger partial charge in [0.05, 0.1) is 12.2 Å². The van der Waals surface area contributed by atoms with Crippen molar-refractivity contribution in [2.45, 2.75) is 70.7 Å². The van der Waals surface area contributed by atoms with Gasteiger partial charge in [-0.15, -0.1) is 0 Å². The van der Waals surface area contributed by atoms with Crippen LogP contribution in [0.25, 0.3) is 0 Å². The van der Waals surface area contributed by atoms with Crippen molar-refractivity contribution in [1.29, 1.82) is 0 Å². The molecule has 0 aromatic carbocycles. The Kier molecular flexibility index (Phi) is 4.15. The van der Waals surface area contributed by atoms with Gasteiger partial charge < -0.3 is 14.8 Å². The first kappa shape index (κ1) is 13.7. The van der Waals surface area contributed by atoms with E-state index in [2.05, 4.69) is 5.32 Å². The van der Waals surface area contributed by atoms with Gasteiger partial charge in [-0.2, -0.15) is 0 Å². The average Bonchev–Trinajstić information content (AvgIpc) is 3.00. The molecule has 0 spiro atoms. The normalized spacial score (nSPS) is 30.5. The summed E-state index contributed by atoms with van der Waals surface area (Å²) in [5, 5.41) is 2.81. The lowest BCUT2D eigenvalue weighted by Gasteiger charge is -2.21. The van der Waals surface area contributed by atoms with Crippen LogP contribution in [0.15, 0.2) is 0 Å². The fourth-order valence-corrected chi connectivity index (χ4v) is 2.64. The van der Waals surface area contributed by atoms with Gasteiger partial charge in [-0.3, -0.25) is 0 Å². The Balaban J connectivity index is 1.51. The minimum absolute atomic E-state index is 0.309. The Labute approximate surface area is 109 Å². The van der Waals surface area contributed by atoms with Crippen LogP contribution in [0.1, 0.15) is 52.9 Å².